The molecule has 0 bridgehead atoms. The Morgan fingerprint density at radius 3 is 2.86 bits per heavy atom. The SMILES string of the molecule is O=C(O)C1Cc2ccccc2N1C(=O)CCn1ccnc1. The number of imidazole rings is 1. The average molecular weight is 285 g/mol. The van der Waals surface area contributed by atoms with Crippen molar-refractivity contribution in [1.29, 1.82) is 0 Å². The van der Waals surface area contributed by atoms with Crippen molar-refractivity contribution < 1.29 is 14.7 Å². The first kappa shape index (κ1) is 13.4. The lowest BCUT2D eigenvalue weighted by Gasteiger charge is -2.22. The van der Waals surface area contributed by atoms with Crippen molar-refractivity contribution in [3.63, 3.8) is 0 Å². The highest BCUT2D eigenvalue weighted by atomic mass is 16.4. The van der Waals surface area contributed by atoms with E-state index in [-0.39, 0.29) is 12.3 Å². The molecule has 21 heavy (non-hydrogen) atoms. The van der Waals surface area contributed by atoms with Gasteiger partial charge in [-0.15, -0.1) is 0 Å². The minimum Gasteiger partial charge on any atom is -0.480 e. The molecule has 1 aliphatic heterocycles. The van der Waals surface area contributed by atoms with Gasteiger partial charge in [0, 0.05) is 37.5 Å². The van der Waals surface area contributed by atoms with Crippen LogP contribution in [-0.2, 0) is 22.6 Å². The summed E-state index contributed by atoms with van der Waals surface area (Å²) in [6.07, 6.45) is 5.67. The van der Waals surface area contributed by atoms with Gasteiger partial charge in [-0.3, -0.25) is 9.69 Å². The Bertz CT molecular complexity index is 667. The van der Waals surface area contributed by atoms with Crippen LogP contribution in [0.3, 0.4) is 0 Å². The van der Waals surface area contributed by atoms with Gasteiger partial charge in [0.1, 0.15) is 6.04 Å². The van der Waals surface area contributed by atoms with E-state index in [2.05, 4.69) is 4.98 Å². The number of anilines is 1. The number of benzene rings is 1. The lowest BCUT2D eigenvalue weighted by atomic mass is 10.1. The Kier molecular flexibility index (Phi) is 3.43. The van der Waals surface area contributed by atoms with Gasteiger partial charge >= 0.3 is 5.97 Å². The minimum absolute atomic E-state index is 0.180. The van der Waals surface area contributed by atoms with E-state index < -0.39 is 12.0 Å². The van der Waals surface area contributed by atoms with Crippen LogP contribution in [0.4, 0.5) is 5.69 Å². The Morgan fingerprint density at radius 1 is 1.33 bits per heavy atom. The number of carboxylic acid groups (broad SMARTS) is 1. The fourth-order valence-electron chi connectivity index (χ4n) is 2.66. The summed E-state index contributed by atoms with van der Waals surface area (Å²) in [4.78, 5) is 29.2. The van der Waals surface area contributed by atoms with E-state index in [0.29, 0.717) is 18.7 Å². The van der Waals surface area contributed by atoms with Crippen molar-refractivity contribution in [3.05, 3.63) is 48.5 Å². The molecule has 1 atom stereocenters. The zero-order valence-electron chi connectivity index (χ0n) is 11.3. The third kappa shape index (κ3) is 2.52. The largest absolute Gasteiger partial charge is 0.480 e. The Labute approximate surface area is 121 Å². The molecule has 0 aliphatic carbocycles. The topological polar surface area (TPSA) is 75.4 Å². The van der Waals surface area contributed by atoms with Crippen molar-refractivity contribution in [2.24, 2.45) is 0 Å². The molecular weight excluding hydrogens is 270 g/mol. The van der Waals surface area contributed by atoms with Crippen LogP contribution in [0.15, 0.2) is 43.0 Å². The molecule has 1 aromatic heterocycles. The summed E-state index contributed by atoms with van der Waals surface area (Å²) < 4.78 is 1.80. The number of carbonyl (C=O) groups is 2. The molecule has 1 amide bonds. The van der Waals surface area contributed by atoms with Crippen LogP contribution in [0.2, 0.25) is 0 Å². The van der Waals surface area contributed by atoms with Gasteiger partial charge in [-0.25, -0.2) is 9.78 Å². The number of fused-ring (bicyclic) bond motifs is 1. The van der Waals surface area contributed by atoms with E-state index in [1.165, 1.54) is 4.90 Å². The predicted octanol–water partition coefficient (Wildman–Crippen LogP) is 1.32. The number of aryl methyl sites for hydroxylation is 1. The minimum atomic E-state index is -0.970. The summed E-state index contributed by atoms with van der Waals surface area (Å²) in [5.74, 6) is -1.15. The Morgan fingerprint density at radius 2 is 2.14 bits per heavy atom. The number of carboxylic acids is 1. The number of para-hydroxylation sites is 1. The number of aliphatic carboxylic acids is 1. The van der Waals surface area contributed by atoms with Gasteiger partial charge < -0.3 is 9.67 Å². The molecule has 0 fully saturated rings. The van der Waals surface area contributed by atoms with Crippen molar-refractivity contribution in [2.75, 3.05) is 4.90 Å². The number of amides is 1. The molecule has 0 radical (unpaired) electrons. The summed E-state index contributed by atoms with van der Waals surface area (Å²) in [6.45, 7) is 0.490. The van der Waals surface area contributed by atoms with Gasteiger partial charge in [-0.1, -0.05) is 18.2 Å². The lowest BCUT2D eigenvalue weighted by molar-refractivity contribution is -0.139. The van der Waals surface area contributed by atoms with Gasteiger partial charge in [0.25, 0.3) is 0 Å². The van der Waals surface area contributed by atoms with Crippen molar-refractivity contribution in [3.8, 4) is 0 Å². The lowest BCUT2D eigenvalue weighted by Crippen LogP contribution is -2.43. The normalized spacial score (nSPS) is 16.8. The first-order chi connectivity index (χ1) is 10.2. The summed E-state index contributed by atoms with van der Waals surface area (Å²) in [5.41, 5.74) is 1.61. The Balaban J connectivity index is 1.80. The second kappa shape index (κ2) is 5.40. The molecule has 0 saturated carbocycles. The summed E-state index contributed by atoms with van der Waals surface area (Å²) in [7, 11) is 0. The molecule has 1 N–H and O–H groups in total. The zero-order valence-corrected chi connectivity index (χ0v) is 11.3. The third-order valence-electron chi connectivity index (χ3n) is 3.67. The molecule has 1 aromatic carbocycles. The number of hydrogen-bond acceptors (Lipinski definition) is 3. The molecule has 1 aliphatic rings. The van der Waals surface area contributed by atoms with E-state index in [0.717, 1.165) is 5.56 Å². The standard InChI is InChI=1S/C15H15N3O3/c19-14(5-7-17-8-6-16-10-17)18-12-4-2-1-3-11(12)9-13(18)15(20)21/h1-4,6,8,10,13H,5,7,9H2,(H,20,21). The fraction of sp³-hybridized carbons (Fsp3) is 0.267. The van der Waals surface area contributed by atoms with Crippen molar-refractivity contribution in [1.82, 2.24) is 9.55 Å². The molecule has 6 nitrogen and oxygen atoms in total. The average Bonchev–Trinajstić information content (AvgIpc) is 3.11. The first-order valence-electron chi connectivity index (χ1n) is 6.75. The van der Waals surface area contributed by atoms with Crippen LogP contribution in [-0.4, -0.2) is 32.6 Å². The number of hydrogen-bond donors (Lipinski definition) is 1. The second-order valence-electron chi connectivity index (χ2n) is 5.00. The molecular formula is C15H15N3O3. The molecule has 1 unspecified atom stereocenters. The first-order valence-corrected chi connectivity index (χ1v) is 6.75. The van der Waals surface area contributed by atoms with Gasteiger partial charge in [-0.2, -0.15) is 0 Å². The Hall–Kier alpha value is -2.63. The quantitative estimate of drug-likeness (QED) is 0.919. The second-order valence-corrected chi connectivity index (χ2v) is 5.00. The van der Waals surface area contributed by atoms with Crippen LogP contribution in [0.5, 0.6) is 0 Å². The number of rotatable bonds is 4. The monoisotopic (exact) mass is 285 g/mol. The number of carbonyl (C=O) groups excluding carboxylic acids is 1. The molecule has 6 heteroatoms. The summed E-state index contributed by atoms with van der Waals surface area (Å²) in [6, 6.07) is 6.54. The van der Waals surface area contributed by atoms with Crippen LogP contribution >= 0.6 is 0 Å². The van der Waals surface area contributed by atoms with Gasteiger partial charge in [-0.05, 0) is 11.6 Å². The van der Waals surface area contributed by atoms with Crippen LogP contribution in [0.25, 0.3) is 0 Å². The maximum atomic E-state index is 12.4. The predicted molar refractivity (Wildman–Crippen MR) is 75.9 cm³/mol. The maximum Gasteiger partial charge on any atom is 0.327 e. The molecule has 2 heterocycles. The van der Waals surface area contributed by atoms with Gasteiger partial charge in [0.05, 0.1) is 6.33 Å². The van der Waals surface area contributed by atoms with Crippen molar-refractivity contribution >= 4 is 17.6 Å². The van der Waals surface area contributed by atoms with Crippen LogP contribution in [0, 0.1) is 0 Å². The summed E-state index contributed by atoms with van der Waals surface area (Å²) in [5, 5.41) is 9.35. The third-order valence-corrected chi connectivity index (χ3v) is 3.67. The van der Waals surface area contributed by atoms with Gasteiger partial charge in [0.2, 0.25) is 5.91 Å². The van der Waals surface area contributed by atoms with E-state index >= 15 is 0 Å². The van der Waals surface area contributed by atoms with Crippen LogP contribution < -0.4 is 4.90 Å². The molecule has 2 aromatic rings. The van der Waals surface area contributed by atoms with E-state index in [9.17, 15) is 14.7 Å². The van der Waals surface area contributed by atoms with E-state index in [4.69, 9.17) is 0 Å². The van der Waals surface area contributed by atoms with Gasteiger partial charge in [0.15, 0.2) is 0 Å². The van der Waals surface area contributed by atoms with Crippen molar-refractivity contribution in [2.45, 2.75) is 25.4 Å². The summed E-state index contributed by atoms with van der Waals surface area (Å²) >= 11 is 0. The van der Waals surface area contributed by atoms with Crippen LogP contribution in [0.1, 0.15) is 12.0 Å². The molecule has 108 valence electrons. The molecule has 0 saturated heterocycles. The fourth-order valence-corrected chi connectivity index (χ4v) is 2.66. The van der Waals surface area contributed by atoms with E-state index in [1.807, 2.05) is 18.2 Å². The maximum absolute atomic E-state index is 12.4. The highest BCUT2D eigenvalue weighted by Crippen LogP contribution is 2.32. The molecule has 0 spiro atoms. The zero-order chi connectivity index (χ0) is 14.8. The highest BCUT2D eigenvalue weighted by molar-refractivity contribution is 6.01. The smallest absolute Gasteiger partial charge is 0.327 e. The number of aromatic nitrogens is 2. The highest BCUT2D eigenvalue weighted by Gasteiger charge is 2.37. The molecule has 3 rings (SSSR count). The number of nitrogens with zero attached hydrogens (tertiary/aromatic N) is 3. The van der Waals surface area contributed by atoms with E-state index in [1.54, 1.807) is 29.4 Å².